The summed E-state index contributed by atoms with van der Waals surface area (Å²) in [6.07, 6.45) is 3.32. The molecule has 2 aromatic rings. The molecule has 0 aliphatic rings. The molecule has 0 unspecified atom stereocenters. The number of aromatic nitrogens is 2. The van der Waals surface area contributed by atoms with E-state index >= 15 is 0 Å². The standard InChI is InChI=1S/C16H20N2O4/c1-5-22-16(19)11(2)18-10-17-9-13(18)12-6-7-14(20-3)15(8-12)21-4/h6-11H,5H2,1-4H3/t11-/m0/s1. The van der Waals surface area contributed by atoms with Gasteiger partial charge in [-0.15, -0.1) is 0 Å². The number of nitrogens with zero attached hydrogens (tertiary/aromatic N) is 2. The smallest absolute Gasteiger partial charge is 0.328 e. The first-order valence-corrected chi connectivity index (χ1v) is 7.03. The molecule has 118 valence electrons. The third-order valence-corrected chi connectivity index (χ3v) is 3.39. The number of carbonyl (C=O) groups excluding carboxylic acids is 1. The Bertz CT molecular complexity index is 651. The largest absolute Gasteiger partial charge is 0.493 e. The predicted molar refractivity (Wildman–Crippen MR) is 82.1 cm³/mol. The van der Waals surface area contributed by atoms with Gasteiger partial charge in [0, 0.05) is 5.56 Å². The third kappa shape index (κ3) is 3.05. The molecule has 0 amide bonds. The van der Waals surface area contributed by atoms with Gasteiger partial charge in [-0.1, -0.05) is 0 Å². The first-order chi connectivity index (χ1) is 10.6. The van der Waals surface area contributed by atoms with Crippen molar-refractivity contribution < 1.29 is 19.0 Å². The van der Waals surface area contributed by atoms with Crippen molar-refractivity contribution in [2.75, 3.05) is 20.8 Å². The summed E-state index contributed by atoms with van der Waals surface area (Å²) in [4.78, 5) is 16.1. The van der Waals surface area contributed by atoms with Crippen LogP contribution in [0.2, 0.25) is 0 Å². The molecule has 0 fully saturated rings. The lowest BCUT2D eigenvalue weighted by atomic mass is 10.1. The highest BCUT2D eigenvalue weighted by molar-refractivity contribution is 5.75. The minimum Gasteiger partial charge on any atom is -0.493 e. The van der Waals surface area contributed by atoms with E-state index in [1.165, 1.54) is 0 Å². The first kappa shape index (κ1) is 15.9. The second kappa shape index (κ2) is 6.98. The molecule has 2 rings (SSSR count). The van der Waals surface area contributed by atoms with Crippen LogP contribution in [0.3, 0.4) is 0 Å². The Kier molecular flexibility index (Phi) is 5.04. The number of benzene rings is 1. The van der Waals surface area contributed by atoms with Crippen LogP contribution in [0.4, 0.5) is 0 Å². The highest BCUT2D eigenvalue weighted by Crippen LogP contribution is 2.33. The average Bonchev–Trinajstić information content (AvgIpc) is 3.03. The van der Waals surface area contributed by atoms with E-state index < -0.39 is 6.04 Å². The van der Waals surface area contributed by atoms with Crippen molar-refractivity contribution >= 4 is 5.97 Å². The zero-order chi connectivity index (χ0) is 16.1. The van der Waals surface area contributed by atoms with Crippen molar-refractivity contribution in [3.05, 3.63) is 30.7 Å². The second-order valence-corrected chi connectivity index (χ2v) is 4.68. The van der Waals surface area contributed by atoms with Crippen LogP contribution in [-0.4, -0.2) is 36.3 Å². The molecule has 0 spiro atoms. The van der Waals surface area contributed by atoms with Crippen LogP contribution in [0.25, 0.3) is 11.3 Å². The minimum absolute atomic E-state index is 0.290. The van der Waals surface area contributed by atoms with Gasteiger partial charge in [0.1, 0.15) is 6.04 Å². The Morgan fingerprint density at radius 3 is 2.64 bits per heavy atom. The lowest BCUT2D eigenvalue weighted by molar-refractivity contribution is -0.146. The van der Waals surface area contributed by atoms with E-state index in [1.807, 2.05) is 18.2 Å². The molecule has 1 heterocycles. The van der Waals surface area contributed by atoms with Crippen LogP contribution >= 0.6 is 0 Å². The molecule has 0 saturated carbocycles. The second-order valence-electron chi connectivity index (χ2n) is 4.68. The van der Waals surface area contributed by atoms with Gasteiger partial charge < -0.3 is 18.8 Å². The topological polar surface area (TPSA) is 62.6 Å². The summed E-state index contributed by atoms with van der Waals surface area (Å²) in [6, 6.07) is 5.11. The van der Waals surface area contributed by atoms with Crippen LogP contribution in [-0.2, 0) is 9.53 Å². The molecule has 6 heteroatoms. The maximum atomic E-state index is 11.9. The summed E-state index contributed by atoms with van der Waals surface area (Å²) >= 11 is 0. The zero-order valence-electron chi connectivity index (χ0n) is 13.2. The monoisotopic (exact) mass is 304 g/mol. The molecule has 0 radical (unpaired) electrons. The van der Waals surface area contributed by atoms with Gasteiger partial charge >= 0.3 is 5.97 Å². The van der Waals surface area contributed by atoms with Crippen molar-refractivity contribution in [3.8, 4) is 22.8 Å². The molecule has 0 saturated heterocycles. The van der Waals surface area contributed by atoms with Crippen molar-refractivity contribution in [3.63, 3.8) is 0 Å². The lowest BCUT2D eigenvalue weighted by Gasteiger charge is -2.16. The molecule has 1 aromatic heterocycles. The fourth-order valence-corrected chi connectivity index (χ4v) is 2.21. The van der Waals surface area contributed by atoms with Gasteiger partial charge in [-0.05, 0) is 32.0 Å². The number of methoxy groups -OCH3 is 2. The van der Waals surface area contributed by atoms with Gasteiger partial charge in [-0.3, -0.25) is 0 Å². The van der Waals surface area contributed by atoms with E-state index in [4.69, 9.17) is 14.2 Å². The summed E-state index contributed by atoms with van der Waals surface area (Å²) in [5.74, 6) is 0.981. The summed E-state index contributed by atoms with van der Waals surface area (Å²) in [7, 11) is 3.17. The minimum atomic E-state index is -0.453. The summed E-state index contributed by atoms with van der Waals surface area (Å²) < 4.78 is 17.4. The highest BCUT2D eigenvalue weighted by atomic mass is 16.5. The maximum Gasteiger partial charge on any atom is 0.328 e. The Balaban J connectivity index is 2.39. The number of carbonyl (C=O) groups is 1. The van der Waals surface area contributed by atoms with Gasteiger partial charge in [-0.25, -0.2) is 9.78 Å². The molecular weight excluding hydrogens is 284 g/mol. The molecule has 0 aliphatic carbocycles. The predicted octanol–water partition coefficient (Wildman–Crippen LogP) is 2.69. The third-order valence-electron chi connectivity index (χ3n) is 3.39. The van der Waals surface area contributed by atoms with Gasteiger partial charge in [0.2, 0.25) is 0 Å². The number of imidazole rings is 1. The van der Waals surface area contributed by atoms with Crippen molar-refractivity contribution in [2.45, 2.75) is 19.9 Å². The van der Waals surface area contributed by atoms with E-state index in [1.54, 1.807) is 45.2 Å². The normalized spacial score (nSPS) is 11.8. The summed E-state index contributed by atoms with van der Waals surface area (Å²) in [5.41, 5.74) is 1.69. The van der Waals surface area contributed by atoms with Crippen LogP contribution in [0, 0.1) is 0 Å². The summed E-state index contributed by atoms with van der Waals surface area (Å²) in [5, 5.41) is 0. The van der Waals surface area contributed by atoms with Gasteiger partial charge in [-0.2, -0.15) is 0 Å². The fraction of sp³-hybridized carbons (Fsp3) is 0.375. The lowest BCUT2D eigenvalue weighted by Crippen LogP contribution is -2.19. The number of esters is 1. The molecule has 1 atom stereocenters. The van der Waals surface area contributed by atoms with E-state index in [2.05, 4.69) is 4.98 Å². The molecule has 6 nitrogen and oxygen atoms in total. The van der Waals surface area contributed by atoms with Gasteiger partial charge in [0.25, 0.3) is 0 Å². The molecule has 0 aliphatic heterocycles. The van der Waals surface area contributed by atoms with E-state index in [9.17, 15) is 4.79 Å². The molecule has 0 bridgehead atoms. The quantitative estimate of drug-likeness (QED) is 0.768. The van der Waals surface area contributed by atoms with Crippen LogP contribution in [0.5, 0.6) is 11.5 Å². The number of hydrogen-bond acceptors (Lipinski definition) is 5. The van der Waals surface area contributed by atoms with Gasteiger partial charge in [0.15, 0.2) is 11.5 Å². The van der Waals surface area contributed by atoms with E-state index in [-0.39, 0.29) is 5.97 Å². The van der Waals surface area contributed by atoms with Gasteiger partial charge in [0.05, 0.1) is 39.0 Å². The Labute approximate surface area is 129 Å². The SMILES string of the molecule is CCOC(=O)[C@H](C)n1cncc1-c1ccc(OC)c(OC)c1. The van der Waals surface area contributed by atoms with Crippen molar-refractivity contribution in [1.29, 1.82) is 0 Å². The van der Waals surface area contributed by atoms with E-state index in [0.29, 0.717) is 18.1 Å². The Morgan fingerprint density at radius 1 is 1.27 bits per heavy atom. The molecule has 1 aromatic carbocycles. The summed E-state index contributed by atoms with van der Waals surface area (Å²) in [6.45, 7) is 3.92. The Hall–Kier alpha value is -2.50. The average molecular weight is 304 g/mol. The number of rotatable bonds is 6. The maximum absolute atomic E-state index is 11.9. The van der Waals surface area contributed by atoms with Crippen LogP contribution in [0.1, 0.15) is 19.9 Å². The Morgan fingerprint density at radius 2 is 2.00 bits per heavy atom. The van der Waals surface area contributed by atoms with E-state index in [0.717, 1.165) is 11.3 Å². The van der Waals surface area contributed by atoms with Crippen LogP contribution < -0.4 is 9.47 Å². The molecular formula is C16H20N2O4. The highest BCUT2D eigenvalue weighted by Gasteiger charge is 2.20. The first-order valence-electron chi connectivity index (χ1n) is 7.03. The molecule has 22 heavy (non-hydrogen) atoms. The number of hydrogen-bond donors (Lipinski definition) is 0. The van der Waals surface area contributed by atoms with Crippen LogP contribution in [0.15, 0.2) is 30.7 Å². The molecule has 0 N–H and O–H groups in total. The fourth-order valence-electron chi connectivity index (χ4n) is 2.21. The van der Waals surface area contributed by atoms with Crippen molar-refractivity contribution in [1.82, 2.24) is 9.55 Å². The zero-order valence-corrected chi connectivity index (χ0v) is 13.2. The number of ether oxygens (including phenoxy) is 3. The van der Waals surface area contributed by atoms with Crippen molar-refractivity contribution in [2.24, 2.45) is 0 Å².